The molecule has 0 spiro atoms. The van der Waals surface area contributed by atoms with Crippen LogP contribution in [0.5, 0.6) is 11.5 Å². The van der Waals surface area contributed by atoms with Crippen LogP contribution in [0.4, 0.5) is 5.69 Å². The average Bonchev–Trinajstić information content (AvgIpc) is 2.74. The average molecular weight is 420 g/mol. The summed E-state index contributed by atoms with van der Waals surface area (Å²) in [4.78, 5) is 12.8. The fourth-order valence-electron chi connectivity index (χ4n) is 3.08. The van der Waals surface area contributed by atoms with Crippen molar-refractivity contribution in [1.29, 1.82) is 0 Å². The molecule has 1 fully saturated rings. The van der Waals surface area contributed by atoms with E-state index in [1.807, 2.05) is 13.0 Å². The summed E-state index contributed by atoms with van der Waals surface area (Å²) >= 11 is 0. The second-order valence-corrected chi connectivity index (χ2v) is 8.45. The number of rotatable bonds is 6. The Kier molecular flexibility index (Phi) is 6.41. The van der Waals surface area contributed by atoms with Gasteiger partial charge in [0.15, 0.2) is 0 Å². The molecule has 3 rings (SSSR count). The van der Waals surface area contributed by atoms with Gasteiger partial charge in [0, 0.05) is 18.8 Å². The lowest BCUT2D eigenvalue weighted by molar-refractivity contribution is 0.0729. The van der Waals surface area contributed by atoms with Gasteiger partial charge in [0.2, 0.25) is 10.0 Å². The lowest BCUT2D eigenvalue weighted by atomic mass is 10.1. The highest BCUT2D eigenvalue weighted by Gasteiger charge is 2.29. The van der Waals surface area contributed by atoms with Gasteiger partial charge in [-0.05, 0) is 37.3 Å². The minimum Gasteiger partial charge on any atom is -0.496 e. The highest BCUT2D eigenvalue weighted by Crippen LogP contribution is 2.31. The van der Waals surface area contributed by atoms with Crippen LogP contribution in [0.1, 0.15) is 15.9 Å². The fraction of sp³-hybridized carbons (Fsp3) is 0.350. The summed E-state index contributed by atoms with van der Waals surface area (Å²) in [6, 6.07) is 9.79. The van der Waals surface area contributed by atoms with Crippen LogP contribution in [-0.2, 0) is 14.8 Å². The van der Waals surface area contributed by atoms with Crippen molar-refractivity contribution in [1.82, 2.24) is 4.31 Å². The standard InChI is InChI=1S/C20H24N2O6S/c1-14-4-6-17(26-2)16(12-14)20(23)21-15-5-7-18(27-3)19(13-15)29(24,25)22-8-10-28-11-9-22/h4-7,12-13H,8-11H2,1-3H3,(H,21,23). The topological polar surface area (TPSA) is 94.2 Å². The normalized spacial score (nSPS) is 15.0. The van der Waals surface area contributed by atoms with Gasteiger partial charge in [-0.15, -0.1) is 0 Å². The number of carbonyl (C=O) groups excluding carboxylic acids is 1. The number of carbonyl (C=O) groups is 1. The van der Waals surface area contributed by atoms with Crippen LogP contribution < -0.4 is 14.8 Å². The first-order valence-electron chi connectivity index (χ1n) is 9.08. The van der Waals surface area contributed by atoms with Crippen molar-refractivity contribution in [2.45, 2.75) is 11.8 Å². The number of nitrogens with one attached hydrogen (secondary N) is 1. The third kappa shape index (κ3) is 4.52. The van der Waals surface area contributed by atoms with Crippen LogP contribution in [0.2, 0.25) is 0 Å². The zero-order valence-electron chi connectivity index (χ0n) is 16.6. The Balaban J connectivity index is 1.93. The van der Waals surface area contributed by atoms with Crippen molar-refractivity contribution >= 4 is 21.6 Å². The first-order chi connectivity index (χ1) is 13.9. The van der Waals surface area contributed by atoms with Gasteiger partial charge in [-0.25, -0.2) is 8.42 Å². The number of methoxy groups -OCH3 is 2. The first-order valence-corrected chi connectivity index (χ1v) is 10.5. The smallest absolute Gasteiger partial charge is 0.259 e. The van der Waals surface area contributed by atoms with Gasteiger partial charge in [-0.1, -0.05) is 11.6 Å². The third-order valence-corrected chi connectivity index (χ3v) is 6.53. The van der Waals surface area contributed by atoms with Crippen LogP contribution in [0.25, 0.3) is 0 Å². The van der Waals surface area contributed by atoms with E-state index in [0.29, 0.717) is 30.2 Å². The molecular formula is C20H24N2O6S. The van der Waals surface area contributed by atoms with E-state index >= 15 is 0 Å². The lowest BCUT2D eigenvalue weighted by Gasteiger charge is -2.26. The van der Waals surface area contributed by atoms with E-state index in [-0.39, 0.29) is 23.7 Å². The molecule has 2 aromatic rings. The molecule has 1 heterocycles. The summed E-state index contributed by atoms with van der Waals surface area (Å²) in [5, 5.41) is 2.74. The molecule has 1 amide bonds. The molecule has 2 aromatic carbocycles. The molecule has 0 bridgehead atoms. The molecular weight excluding hydrogens is 396 g/mol. The maximum Gasteiger partial charge on any atom is 0.259 e. The second kappa shape index (κ2) is 8.81. The van der Waals surface area contributed by atoms with Crippen LogP contribution in [0, 0.1) is 6.92 Å². The van der Waals surface area contributed by atoms with E-state index in [1.54, 1.807) is 18.2 Å². The van der Waals surface area contributed by atoms with E-state index in [2.05, 4.69) is 5.32 Å². The van der Waals surface area contributed by atoms with Crippen molar-refractivity contribution < 1.29 is 27.4 Å². The maximum absolute atomic E-state index is 13.1. The fourth-order valence-corrected chi connectivity index (χ4v) is 4.67. The van der Waals surface area contributed by atoms with Crippen LogP contribution in [0.15, 0.2) is 41.3 Å². The zero-order chi connectivity index (χ0) is 21.0. The van der Waals surface area contributed by atoms with Gasteiger partial charge >= 0.3 is 0 Å². The maximum atomic E-state index is 13.1. The molecule has 0 atom stereocenters. The van der Waals surface area contributed by atoms with Gasteiger partial charge in [0.05, 0.1) is 33.0 Å². The minimum atomic E-state index is -3.79. The lowest BCUT2D eigenvalue weighted by Crippen LogP contribution is -2.40. The minimum absolute atomic E-state index is 0.00379. The highest BCUT2D eigenvalue weighted by molar-refractivity contribution is 7.89. The number of amides is 1. The van der Waals surface area contributed by atoms with E-state index in [4.69, 9.17) is 14.2 Å². The van der Waals surface area contributed by atoms with E-state index < -0.39 is 15.9 Å². The Morgan fingerprint density at radius 1 is 1.03 bits per heavy atom. The number of hydrogen-bond acceptors (Lipinski definition) is 6. The molecule has 0 aliphatic carbocycles. The van der Waals surface area contributed by atoms with E-state index in [1.165, 1.54) is 30.7 Å². The predicted molar refractivity (Wildman–Crippen MR) is 108 cm³/mol. The predicted octanol–water partition coefficient (Wildman–Crippen LogP) is 2.29. The van der Waals surface area contributed by atoms with Gasteiger partial charge < -0.3 is 19.5 Å². The van der Waals surface area contributed by atoms with Gasteiger partial charge in [0.25, 0.3) is 5.91 Å². The molecule has 156 valence electrons. The van der Waals surface area contributed by atoms with Crippen molar-refractivity contribution in [2.24, 2.45) is 0 Å². The number of benzene rings is 2. The summed E-state index contributed by atoms with van der Waals surface area (Å²) in [5.41, 5.74) is 1.60. The number of sulfonamides is 1. The van der Waals surface area contributed by atoms with Crippen LogP contribution >= 0.6 is 0 Å². The summed E-state index contributed by atoms with van der Waals surface area (Å²) in [6.45, 7) is 3.08. The summed E-state index contributed by atoms with van der Waals surface area (Å²) < 4.78 is 43.3. The summed E-state index contributed by atoms with van der Waals surface area (Å²) in [7, 11) is -0.901. The molecule has 8 nitrogen and oxygen atoms in total. The number of morpholine rings is 1. The van der Waals surface area contributed by atoms with E-state index in [9.17, 15) is 13.2 Å². The quantitative estimate of drug-likeness (QED) is 0.771. The Hall–Kier alpha value is -2.62. The van der Waals surface area contributed by atoms with E-state index in [0.717, 1.165) is 5.56 Å². The van der Waals surface area contributed by atoms with Crippen molar-refractivity contribution in [3.8, 4) is 11.5 Å². The van der Waals surface area contributed by atoms with Crippen LogP contribution in [0.3, 0.4) is 0 Å². The third-order valence-electron chi connectivity index (χ3n) is 4.61. The first kappa shape index (κ1) is 21.1. The number of aryl methyl sites for hydroxylation is 1. The summed E-state index contributed by atoms with van der Waals surface area (Å²) in [5.74, 6) is 0.246. The number of nitrogens with zero attached hydrogens (tertiary/aromatic N) is 1. The second-order valence-electron chi connectivity index (χ2n) is 6.54. The SMILES string of the molecule is COc1ccc(C)cc1C(=O)Nc1ccc(OC)c(S(=O)(=O)N2CCOCC2)c1. The van der Waals surface area contributed by atoms with Gasteiger partial charge in [0.1, 0.15) is 16.4 Å². The Morgan fingerprint density at radius 3 is 2.34 bits per heavy atom. The molecule has 1 aliphatic heterocycles. The van der Waals surface area contributed by atoms with Gasteiger partial charge in [-0.2, -0.15) is 4.31 Å². The number of ether oxygens (including phenoxy) is 3. The molecule has 0 radical (unpaired) electrons. The largest absolute Gasteiger partial charge is 0.496 e. The molecule has 0 saturated carbocycles. The molecule has 0 aromatic heterocycles. The van der Waals surface area contributed by atoms with Crippen LogP contribution in [-0.4, -0.2) is 59.2 Å². The molecule has 1 aliphatic rings. The number of hydrogen-bond donors (Lipinski definition) is 1. The number of anilines is 1. The van der Waals surface area contributed by atoms with Crippen molar-refractivity contribution in [2.75, 3.05) is 45.8 Å². The van der Waals surface area contributed by atoms with Crippen molar-refractivity contribution in [3.63, 3.8) is 0 Å². The monoisotopic (exact) mass is 420 g/mol. The Labute approximate surface area is 170 Å². The molecule has 1 N–H and O–H groups in total. The Bertz CT molecular complexity index is 1000. The zero-order valence-corrected chi connectivity index (χ0v) is 17.4. The molecule has 0 unspecified atom stereocenters. The molecule has 29 heavy (non-hydrogen) atoms. The molecule has 1 saturated heterocycles. The van der Waals surface area contributed by atoms with Gasteiger partial charge in [-0.3, -0.25) is 4.79 Å². The summed E-state index contributed by atoms with van der Waals surface area (Å²) in [6.07, 6.45) is 0. The Morgan fingerprint density at radius 2 is 1.69 bits per heavy atom. The van der Waals surface area contributed by atoms with Crippen molar-refractivity contribution in [3.05, 3.63) is 47.5 Å². The molecule has 9 heteroatoms. The highest BCUT2D eigenvalue weighted by atomic mass is 32.2.